The molecule has 0 spiro atoms. The Kier molecular flexibility index (Phi) is 5.94. The third-order valence-corrected chi connectivity index (χ3v) is 4.26. The van der Waals surface area contributed by atoms with Crippen molar-refractivity contribution in [3.8, 4) is 0 Å². The van der Waals surface area contributed by atoms with E-state index in [1.165, 1.54) is 38.8 Å². The Bertz CT molecular complexity index is 205. The Balaban J connectivity index is 2.42. The lowest BCUT2D eigenvalue weighted by Gasteiger charge is -2.37. The summed E-state index contributed by atoms with van der Waals surface area (Å²) in [6.45, 7) is 12.9. The highest BCUT2D eigenvalue weighted by Gasteiger charge is 2.30. The molecule has 0 heterocycles. The molecule has 0 aromatic carbocycles. The van der Waals surface area contributed by atoms with Crippen LogP contribution in [0.15, 0.2) is 0 Å². The number of hydrogen-bond acceptors (Lipinski definition) is 2. The first-order chi connectivity index (χ1) is 8.01. The normalized spacial score (nSPS) is 17.1. The summed E-state index contributed by atoms with van der Waals surface area (Å²) in [5.41, 5.74) is 0.466. The molecule has 17 heavy (non-hydrogen) atoms. The van der Waals surface area contributed by atoms with Crippen LogP contribution in [0.2, 0.25) is 0 Å². The Labute approximate surface area is 108 Å². The lowest BCUT2D eigenvalue weighted by molar-refractivity contribution is 0.149. The zero-order valence-corrected chi connectivity index (χ0v) is 12.6. The maximum Gasteiger partial charge on any atom is 0.00470 e. The van der Waals surface area contributed by atoms with E-state index >= 15 is 0 Å². The zero-order valence-electron chi connectivity index (χ0n) is 12.6. The first-order valence-corrected chi connectivity index (χ1v) is 7.43. The molecule has 1 saturated carbocycles. The number of nitrogens with zero attached hydrogens (tertiary/aromatic N) is 1. The summed E-state index contributed by atoms with van der Waals surface area (Å²) in [5, 5.41) is 3.64. The number of hydrogen-bond donors (Lipinski definition) is 1. The number of rotatable bonds is 9. The van der Waals surface area contributed by atoms with Crippen LogP contribution in [0.3, 0.4) is 0 Å². The quantitative estimate of drug-likeness (QED) is 0.666. The second kappa shape index (κ2) is 6.75. The van der Waals surface area contributed by atoms with E-state index in [0.29, 0.717) is 11.5 Å². The summed E-state index contributed by atoms with van der Waals surface area (Å²) in [5.74, 6) is 1.00. The first kappa shape index (κ1) is 15.0. The molecule has 1 N–H and O–H groups in total. The molecule has 1 aliphatic rings. The van der Waals surface area contributed by atoms with Gasteiger partial charge in [-0.25, -0.2) is 0 Å². The van der Waals surface area contributed by atoms with Crippen molar-refractivity contribution in [2.75, 3.05) is 26.7 Å². The maximum absolute atomic E-state index is 3.64. The summed E-state index contributed by atoms with van der Waals surface area (Å²) < 4.78 is 0. The van der Waals surface area contributed by atoms with Crippen LogP contribution in [0.1, 0.15) is 53.4 Å². The van der Waals surface area contributed by atoms with Crippen molar-refractivity contribution in [3.05, 3.63) is 0 Å². The molecule has 2 heteroatoms. The molecule has 0 bridgehead atoms. The van der Waals surface area contributed by atoms with Gasteiger partial charge in [0.15, 0.2) is 0 Å². The van der Waals surface area contributed by atoms with Gasteiger partial charge < -0.3 is 10.2 Å². The van der Waals surface area contributed by atoms with E-state index in [0.717, 1.165) is 12.5 Å². The predicted molar refractivity (Wildman–Crippen MR) is 76.4 cm³/mol. The average molecular weight is 240 g/mol. The standard InChI is InChI=1S/C15H32N2/c1-6-15(7-2,11-16-13(3)4)12-17(5)10-14-8-9-14/h13-14,16H,6-12H2,1-5H3. The van der Waals surface area contributed by atoms with Gasteiger partial charge in [-0.05, 0) is 44.1 Å². The van der Waals surface area contributed by atoms with Gasteiger partial charge in [-0.15, -0.1) is 0 Å². The minimum absolute atomic E-state index is 0.466. The Morgan fingerprint density at radius 2 is 1.82 bits per heavy atom. The molecular formula is C15H32N2. The summed E-state index contributed by atoms with van der Waals surface area (Å²) >= 11 is 0. The summed E-state index contributed by atoms with van der Waals surface area (Å²) in [7, 11) is 2.30. The molecule has 1 rings (SSSR count). The fourth-order valence-electron chi connectivity index (χ4n) is 2.58. The van der Waals surface area contributed by atoms with Gasteiger partial charge in [0.25, 0.3) is 0 Å². The van der Waals surface area contributed by atoms with E-state index in [9.17, 15) is 0 Å². The van der Waals surface area contributed by atoms with Crippen LogP contribution in [-0.4, -0.2) is 37.6 Å². The summed E-state index contributed by atoms with van der Waals surface area (Å²) in [6, 6.07) is 0.598. The Morgan fingerprint density at radius 1 is 1.24 bits per heavy atom. The molecule has 1 fully saturated rings. The van der Waals surface area contributed by atoms with Gasteiger partial charge in [0.2, 0.25) is 0 Å². The molecule has 0 amide bonds. The molecule has 0 aliphatic heterocycles. The third-order valence-electron chi connectivity index (χ3n) is 4.26. The van der Waals surface area contributed by atoms with Gasteiger partial charge in [0, 0.05) is 25.7 Å². The Hall–Kier alpha value is -0.0800. The minimum Gasteiger partial charge on any atom is -0.314 e. The lowest BCUT2D eigenvalue weighted by Crippen LogP contribution is -2.44. The van der Waals surface area contributed by atoms with E-state index in [-0.39, 0.29) is 0 Å². The van der Waals surface area contributed by atoms with Gasteiger partial charge in [-0.1, -0.05) is 27.7 Å². The molecule has 1 aliphatic carbocycles. The highest BCUT2D eigenvalue weighted by atomic mass is 15.1. The summed E-state index contributed by atoms with van der Waals surface area (Å²) in [4.78, 5) is 2.56. The molecule has 0 atom stereocenters. The number of nitrogens with one attached hydrogen (secondary N) is 1. The van der Waals surface area contributed by atoms with Crippen LogP contribution in [-0.2, 0) is 0 Å². The predicted octanol–water partition coefficient (Wildman–Crippen LogP) is 3.13. The van der Waals surface area contributed by atoms with Crippen LogP contribution >= 0.6 is 0 Å². The molecule has 2 nitrogen and oxygen atoms in total. The van der Waals surface area contributed by atoms with Crippen molar-refractivity contribution in [2.45, 2.75) is 59.4 Å². The van der Waals surface area contributed by atoms with E-state index in [2.05, 4.69) is 45.0 Å². The van der Waals surface area contributed by atoms with Gasteiger partial charge in [-0.2, -0.15) is 0 Å². The van der Waals surface area contributed by atoms with E-state index < -0.39 is 0 Å². The minimum atomic E-state index is 0.466. The van der Waals surface area contributed by atoms with Crippen LogP contribution in [0.5, 0.6) is 0 Å². The summed E-state index contributed by atoms with van der Waals surface area (Å²) in [6.07, 6.45) is 5.47. The highest BCUT2D eigenvalue weighted by Crippen LogP contribution is 2.32. The second-order valence-electron chi connectivity index (χ2n) is 6.38. The lowest BCUT2D eigenvalue weighted by atomic mass is 9.81. The topological polar surface area (TPSA) is 15.3 Å². The van der Waals surface area contributed by atoms with Crippen molar-refractivity contribution in [2.24, 2.45) is 11.3 Å². The van der Waals surface area contributed by atoms with E-state index in [1.807, 2.05) is 0 Å². The fraction of sp³-hybridized carbons (Fsp3) is 1.00. The second-order valence-corrected chi connectivity index (χ2v) is 6.38. The largest absolute Gasteiger partial charge is 0.314 e. The SMILES string of the molecule is CCC(CC)(CNC(C)C)CN(C)CC1CC1. The molecule has 102 valence electrons. The van der Waals surface area contributed by atoms with Crippen molar-refractivity contribution in [3.63, 3.8) is 0 Å². The molecule has 0 radical (unpaired) electrons. The van der Waals surface area contributed by atoms with Crippen molar-refractivity contribution in [1.29, 1.82) is 0 Å². The van der Waals surface area contributed by atoms with Crippen molar-refractivity contribution < 1.29 is 0 Å². The zero-order chi connectivity index (χ0) is 12.9. The smallest absolute Gasteiger partial charge is 0.00470 e. The van der Waals surface area contributed by atoms with Gasteiger partial charge in [0.05, 0.1) is 0 Å². The Morgan fingerprint density at radius 3 is 2.24 bits per heavy atom. The van der Waals surface area contributed by atoms with Gasteiger partial charge in [-0.3, -0.25) is 0 Å². The molecule has 0 unspecified atom stereocenters. The highest BCUT2D eigenvalue weighted by molar-refractivity contribution is 4.85. The van der Waals surface area contributed by atoms with Crippen LogP contribution < -0.4 is 5.32 Å². The van der Waals surface area contributed by atoms with Crippen molar-refractivity contribution >= 4 is 0 Å². The van der Waals surface area contributed by atoms with E-state index in [4.69, 9.17) is 0 Å². The molecular weight excluding hydrogens is 208 g/mol. The van der Waals surface area contributed by atoms with E-state index in [1.54, 1.807) is 0 Å². The van der Waals surface area contributed by atoms with Gasteiger partial charge in [0.1, 0.15) is 0 Å². The average Bonchev–Trinajstić information content (AvgIpc) is 3.08. The van der Waals surface area contributed by atoms with Crippen LogP contribution in [0.4, 0.5) is 0 Å². The van der Waals surface area contributed by atoms with Crippen molar-refractivity contribution in [1.82, 2.24) is 10.2 Å². The molecule has 0 saturated heterocycles. The molecule has 0 aromatic heterocycles. The fourth-order valence-corrected chi connectivity index (χ4v) is 2.58. The van der Waals surface area contributed by atoms with Crippen LogP contribution in [0, 0.1) is 11.3 Å². The first-order valence-electron chi connectivity index (χ1n) is 7.43. The van der Waals surface area contributed by atoms with Crippen LogP contribution in [0.25, 0.3) is 0 Å². The maximum atomic E-state index is 3.64. The van der Waals surface area contributed by atoms with Gasteiger partial charge >= 0.3 is 0 Å². The third kappa shape index (κ3) is 5.39. The monoisotopic (exact) mass is 240 g/mol. The molecule has 0 aromatic rings.